The van der Waals surface area contributed by atoms with Crippen molar-refractivity contribution in [2.75, 3.05) is 6.61 Å². The Labute approximate surface area is 85.1 Å². The standard InChI is InChI=1S/C12H17NO/c1-9(13)8-11-5-2-4-10-6-3-7-14-12(10)11/h2,4-5,9H,3,6-8,13H2,1H3/t9-/m0/s1. The van der Waals surface area contributed by atoms with Crippen molar-refractivity contribution in [1.82, 2.24) is 0 Å². The molecule has 2 N–H and O–H groups in total. The van der Waals surface area contributed by atoms with Gasteiger partial charge in [-0.05, 0) is 37.3 Å². The highest BCUT2D eigenvalue weighted by atomic mass is 16.5. The molecule has 1 aliphatic rings. The summed E-state index contributed by atoms with van der Waals surface area (Å²) in [7, 11) is 0. The van der Waals surface area contributed by atoms with E-state index in [0.717, 1.165) is 31.6 Å². The zero-order chi connectivity index (χ0) is 9.97. The molecular formula is C12H17NO. The summed E-state index contributed by atoms with van der Waals surface area (Å²) in [4.78, 5) is 0. The van der Waals surface area contributed by atoms with Gasteiger partial charge in [-0.1, -0.05) is 18.2 Å². The molecule has 0 aromatic heterocycles. The van der Waals surface area contributed by atoms with Gasteiger partial charge in [0.15, 0.2) is 0 Å². The van der Waals surface area contributed by atoms with Gasteiger partial charge in [0.25, 0.3) is 0 Å². The normalized spacial score (nSPS) is 17.0. The fourth-order valence-corrected chi connectivity index (χ4v) is 1.96. The summed E-state index contributed by atoms with van der Waals surface area (Å²) >= 11 is 0. The Morgan fingerprint density at radius 2 is 2.36 bits per heavy atom. The smallest absolute Gasteiger partial charge is 0.125 e. The minimum atomic E-state index is 0.201. The maximum Gasteiger partial charge on any atom is 0.125 e. The fraction of sp³-hybridized carbons (Fsp3) is 0.500. The van der Waals surface area contributed by atoms with Crippen LogP contribution in [0.1, 0.15) is 24.5 Å². The molecule has 1 atom stereocenters. The van der Waals surface area contributed by atoms with Crippen LogP contribution in [-0.2, 0) is 12.8 Å². The molecule has 0 amide bonds. The van der Waals surface area contributed by atoms with Crippen molar-refractivity contribution in [2.45, 2.75) is 32.2 Å². The van der Waals surface area contributed by atoms with E-state index in [4.69, 9.17) is 10.5 Å². The summed E-state index contributed by atoms with van der Waals surface area (Å²) < 4.78 is 5.70. The van der Waals surface area contributed by atoms with Crippen molar-refractivity contribution in [3.8, 4) is 5.75 Å². The molecule has 1 aromatic rings. The Bertz CT molecular complexity index is 320. The van der Waals surface area contributed by atoms with E-state index in [1.54, 1.807) is 0 Å². The van der Waals surface area contributed by atoms with Crippen LogP contribution in [0.2, 0.25) is 0 Å². The first-order chi connectivity index (χ1) is 6.77. The molecule has 0 radical (unpaired) electrons. The molecule has 2 nitrogen and oxygen atoms in total. The molecule has 0 unspecified atom stereocenters. The molecule has 14 heavy (non-hydrogen) atoms. The molecule has 0 bridgehead atoms. The summed E-state index contributed by atoms with van der Waals surface area (Å²) in [5, 5.41) is 0. The molecule has 1 aromatic carbocycles. The second kappa shape index (κ2) is 4.01. The largest absolute Gasteiger partial charge is 0.493 e. The lowest BCUT2D eigenvalue weighted by atomic mass is 9.99. The quantitative estimate of drug-likeness (QED) is 0.775. The number of aryl methyl sites for hydroxylation is 1. The Hall–Kier alpha value is -1.02. The van der Waals surface area contributed by atoms with E-state index in [2.05, 4.69) is 18.2 Å². The summed E-state index contributed by atoms with van der Waals surface area (Å²) in [6.45, 7) is 2.88. The molecule has 76 valence electrons. The Morgan fingerprint density at radius 1 is 1.50 bits per heavy atom. The van der Waals surface area contributed by atoms with Gasteiger partial charge in [-0.2, -0.15) is 0 Å². The van der Waals surface area contributed by atoms with E-state index in [9.17, 15) is 0 Å². The second-order valence-corrected chi connectivity index (χ2v) is 4.04. The van der Waals surface area contributed by atoms with E-state index < -0.39 is 0 Å². The first-order valence-corrected chi connectivity index (χ1v) is 5.26. The van der Waals surface area contributed by atoms with Crippen LogP contribution in [-0.4, -0.2) is 12.6 Å². The summed E-state index contributed by atoms with van der Waals surface area (Å²) in [6, 6.07) is 6.57. The average molecular weight is 191 g/mol. The van der Waals surface area contributed by atoms with Crippen LogP contribution in [0.15, 0.2) is 18.2 Å². The van der Waals surface area contributed by atoms with E-state index in [1.807, 2.05) is 6.92 Å². The molecular weight excluding hydrogens is 174 g/mol. The third-order valence-corrected chi connectivity index (χ3v) is 2.56. The van der Waals surface area contributed by atoms with Crippen molar-refractivity contribution < 1.29 is 4.74 Å². The van der Waals surface area contributed by atoms with Gasteiger partial charge < -0.3 is 10.5 Å². The van der Waals surface area contributed by atoms with Gasteiger partial charge in [0.1, 0.15) is 5.75 Å². The zero-order valence-corrected chi connectivity index (χ0v) is 8.62. The lowest BCUT2D eigenvalue weighted by Gasteiger charge is -2.20. The molecule has 0 saturated carbocycles. The number of benzene rings is 1. The van der Waals surface area contributed by atoms with E-state index >= 15 is 0 Å². The number of ether oxygens (including phenoxy) is 1. The third-order valence-electron chi connectivity index (χ3n) is 2.56. The Balaban J connectivity index is 2.30. The van der Waals surface area contributed by atoms with Crippen LogP contribution in [0.25, 0.3) is 0 Å². The van der Waals surface area contributed by atoms with Crippen LogP contribution in [0.5, 0.6) is 5.75 Å². The van der Waals surface area contributed by atoms with Crippen molar-refractivity contribution >= 4 is 0 Å². The number of nitrogens with two attached hydrogens (primary N) is 1. The first kappa shape index (κ1) is 9.53. The van der Waals surface area contributed by atoms with Crippen molar-refractivity contribution in [1.29, 1.82) is 0 Å². The van der Waals surface area contributed by atoms with E-state index in [1.165, 1.54) is 11.1 Å². The number of fused-ring (bicyclic) bond motifs is 1. The zero-order valence-electron chi connectivity index (χ0n) is 8.62. The molecule has 0 aliphatic carbocycles. The number of para-hydroxylation sites is 1. The maximum atomic E-state index is 5.80. The maximum absolute atomic E-state index is 5.80. The fourth-order valence-electron chi connectivity index (χ4n) is 1.96. The molecule has 2 rings (SSSR count). The highest BCUT2D eigenvalue weighted by molar-refractivity contribution is 5.43. The SMILES string of the molecule is C[C@H](N)Cc1cccc2c1OCCC2. The average Bonchev–Trinajstić information content (AvgIpc) is 2.18. The molecule has 2 heteroatoms. The van der Waals surface area contributed by atoms with Gasteiger partial charge in [-0.25, -0.2) is 0 Å². The molecule has 0 saturated heterocycles. The molecule has 1 aliphatic heterocycles. The second-order valence-electron chi connectivity index (χ2n) is 4.04. The van der Waals surface area contributed by atoms with Crippen molar-refractivity contribution in [2.24, 2.45) is 5.73 Å². The highest BCUT2D eigenvalue weighted by Crippen LogP contribution is 2.29. The number of hydrogen-bond donors (Lipinski definition) is 1. The summed E-state index contributed by atoms with van der Waals surface area (Å²) in [5.41, 5.74) is 8.41. The minimum Gasteiger partial charge on any atom is -0.493 e. The predicted molar refractivity (Wildman–Crippen MR) is 57.6 cm³/mol. The van der Waals surface area contributed by atoms with Gasteiger partial charge in [-0.15, -0.1) is 0 Å². The van der Waals surface area contributed by atoms with Crippen molar-refractivity contribution in [3.05, 3.63) is 29.3 Å². The number of rotatable bonds is 2. The minimum absolute atomic E-state index is 0.201. The lowest BCUT2D eigenvalue weighted by Crippen LogP contribution is -2.19. The van der Waals surface area contributed by atoms with Gasteiger partial charge in [-0.3, -0.25) is 0 Å². The van der Waals surface area contributed by atoms with Gasteiger partial charge in [0, 0.05) is 6.04 Å². The molecule has 1 heterocycles. The summed E-state index contributed by atoms with van der Waals surface area (Å²) in [6.07, 6.45) is 3.18. The van der Waals surface area contributed by atoms with Crippen LogP contribution in [0, 0.1) is 0 Å². The first-order valence-electron chi connectivity index (χ1n) is 5.26. The van der Waals surface area contributed by atoms with Gasteiger partial charge in [0.2, 0.25) is 0 Å². The van der Waals surface area contributed by atoms with Crippen molar-refractivity contribution in [3.63, 3.8) is 0 Å². The molecule has 0 spiro atoms. The summed E-state index contributed by atoms with van der Waals surface area (Å²) in [5.74, 6) is 1.09. The Kier molecular flexibility index (Phi) is 2.73. The van der Waals surface area contributed by atoms with Gasteiger partial charge in [0.05, 0.1) is 6.61 Å². The van der Waals surface area contributed by atoms with Crippen LogP contribution in [0.3, 0.4) is 0 Å². The van der Waals surface area contributed by atoms with E-state index in [0.29, 0.717) is 0 Å². The molecule has 0 fully saturated rings. The highest BCUT2D eigenvalue weighted by Gasteiger charge is 2.14. The number of hydrogen-bond acceptors (Lipinski definition) is 2. The lowest BCUT2D eigenvalue weighted by molar-refractivity contribution is 0.284. The predicted octanol–water partition coefficient (Wildman–Crippen LogP) is 1.90. The van der Waals surface area contributed by atoms with E-state index in [-0.39, 0.29) is 6.04 Å². The van der Waals surface area contributed by atoms with Crippen LogP contribution < -0.4 is 10.5 Å². The monoisotopic (exact) mass is 191 g/mol. The van der Waals surface area contributed by atoms with Crippen LogP contribution in [0.4, 0.5) is 0 Å². The third kappa shape index (κ3) is 1.90. The topological polar surface area (TPSA) is 35.2 Å². The van der Waals surface area contributed by atoms with Gasteiger partial charge >= 0.3 is 0 Å². The van der Waals surface area contributed by atoms with Crippen LogP contribution >= 0.6 is 0 Å². The Morgan fingerprint density at radius 3 is 3.14 bits per heavy atom.